The average molecular weight is 419 g/mol. The zero-order valence-corrected chi connectivity index (χ0v) is 19.1. The predicted molar refractivity (Wildman–Crippen MR) is 112 cm³/mol. The Morgan fingerprint density at radius 1 is 1.03 bits per heavy atom. The van der Waals surface area contributed by atoms with Crippen molar-refractivity contribution in [2.24, 2.45) is 40.4 Å². The molecule has 0 heterocycles. The van der Waals surface area contributed by atoms with Crippen LogP contribution in [-0.2, 0) is 23.9 Å². The molecule has 4 saturated carbocycles. The molecule has 0 aromatic heterocycles. The molecule has 0 amide bonds. The van der Waals surface area contributed by atoms with Crippen molar-refractivity contribution in [2.45, 2.75) is 91.6 Å². The van der Waals surface area contributed by atoms with Gasteiger partial charge >= 0.3 is 11.9 Å². The third-order valence-electron chi connectivity index (χ3n) is 9.73. The summed E-state index contributed by atoms with van der Waals surface area (Å²) in [5.74, 6) is 2.18. The molecular weight excluding hydrogens is 380 g/mol. The zero-order valence-electron chi connectivity index (χ0n) is 19.1. The van der Waals surface area contributed by atoms with Gasteiger partial charge in [-0.15, -0.1) is 0 Å². The van der Waals surface area contributed by atoms with E-state index < -0.39 is 0 Å². The van der Waals surface area contributed by atoms with Gasteiger partial charge in [-0.25, -0.2) is 0 Å². The van der Waals surface area contributed by atoms with Crippen LogP contribution in [0, 0.1) is 40.4 Å². The molecule has 0 spiro atoms. The van der Waals surface area contributed by atoms with Crippen molar-refractivity contribution in [2.75, 3.05) is 6.61 Å². The number of rotatable bonds is 4. The molecule has 0 aromatic carbocycles. The first kappa shape index (κ1) is 21.8. The summed E-state index contributed by atoms with van der Waals surface area (Å²) in [4.78, 5) is 36.6. The zero-order chi connectivity index (χ0) is 21.7. The lowest BCUT2D eigenvalue weighted by atomic mass is 9.42. The summed E-state index contributed by atoms with van der Waals surface area (Å²) in [5.41, 5.74) is 0.0849. The number of hydrogen-bond donors (Lipinski definition) is 0. The Labute approximate surface area is 180 Å². The Morgan fingerprint density at radius 2 is 1.80 bits per heavy atom. The predicted octanol–water partition coefficient (Wildman–Crippen LogP) is 4.71. The van der Waals surface area contributed by atoms with E-state index in [0.717, 1.165) is 38.5 Å². The number of fused-ring (bicyclic) bond motifs is 5. The molecule has 4 aliphatic carbocycles. The Bertz CT molecular complexity index is 716. The van der Waals surface area contributed by atoms with Crippen LogP contribution in [0.3, 0.4) is 0 Å². The lowest BCUT2D eigenvalue weighted by Crippen LogP contribution is -2.57. The maximum Gasteiger partial charge on any atom is 0.306 e. The van der Waals surface area contributed by atoms with Crippen molar-refractivity contribution < 1.29 is 23.9 Å². The van der Waals surface area contributed by atoms with Crippen LogP contribution in [0.1, 0.15) is 85.5 Å². The van der Waals surface area contributed by atoms with Gasteiger partial charge in [-0.1, -0.05) is 13.8 Å². The van der Waals surface area contributed by atoms with E-state index in [-0.39, 0.29) is 34.8 Å². The van der Waals surface area contributed by atoms with Gasteiger partial charge in [0.15, 0.2) is 0 Å². The molecule has 0 N–H and O–H groups in total. The minimum absolute atomic E-state index is 0.0183. The van der Waals surface area contributed by atoms with Crippen LogP contribution in [0.5, 0.6) is 0 Å². The molecule has 5 nitrogen and oxygen atoms in total. The van der Waals surface area contributed by atoms with Crippen LogP contribution in [-0.4, -0.2) is 30.4 Å². The van der Waals surface area contributed by atoms with Gasteiger partial charge in [0.25, 0.3) is 0 Å². The highest BCUT2D eigenvalue weighted by Crippen LogP contribution is 2.67. The van der Waals surface area contributed by atoms with Gasteiger partial charge in [0, 0.05) is 31.6 Å². The van der Waals surface area contributed by atoms with Crippen LogP contribution in [0.2, 0.25) is 0 Å². The molecule has 5 heteroatoms. The first-order chi connectivity index (χ1) is 14.2. The van der Waals surface area contributed by atoms with E-state index in [1.807, 2.05) is 6.92 Å². The number of hydrogen-bond acceptors (Lipinski definition) is 5. The summed E-state index contributed by atoms with van der Waals surface area (Å²) in [6.07, 6.45) is 8.11. The second-order valence-electron chi connectivity index (χ2n) is 10.9. The molecule has 30 heavy (non-hydrogen) atoms. The standard InChI is InChI=1S/C25H38O5/c1-5-29-23(28)14-17-13-18(27)12-16-6-7-19-20-8-9-22(30-15(2)26)24(20,3)11-10-21(19)25(16,17)4/h16-17,19-22H,5-14H2,1-4H3. The highest BCUT2D eigenvalue weighted by atomic mass is 16.5. The molecule has 0 aromatic rings. The molecule has 0 radical (unpaired) electrons. The second-order valence-corrected chi connectivity index (χ2v) is 10.9. The summed E-state index contributed by atoms with van der Waals surface area (Å²) in [7, 11) is 0. The maximum atomic E-state index is 12.5. The quantitative estimate of drug-likeness (QED) is 0.619. The summed E-state index contributed by atoms with van der Waals surface area (Å²) in [5, 5.41) is 0. The lowest BCUT2D eigenvalue weighted by Gasteiger charge is -2.62. The molecule has 4 aliphatic rings. The Hall–Kier alpha value is -1.39. The van der Waals surface area contributed by atoms with E-state index >= 15 is 0 Å². The third kappa shape index (κ3) is 3.40. The number of ether oxygens (including phenoxy) is 2. The van der Waals surface area contributed by atoms with E-state index in [9.17, 15) is 14.4 Å². The fourth-order valence-electron chi connectivity index (χ4n) is 8.34. The number of ketones is 1. The number of Topliss-reactive ketones (excluding diaryl/α,β-unsaturated/α-hetero) is 1. The van der Waals surface area contributed by atoms with Crippen LogP contribution >= 0.6 is 0 Å². The van der Waals surface area contributed by atoms with E-state index in [1.165, 1.54) is 6.92 Å². The van der Waals surface area contributed by atoms with Crippen molar-refractivity contribution in [3.63, 3.8) is 0 Å². The molecule has 8 unspecified atom stereocenters. The number of esters is 2. The lowest BCUT2D eigenvalue weighted by molar-refractivity contribution is -0.171. The summed E-state index contributed by atoms with van der Waals surface area (Å²) in [6, 6.07) is 0. The minimum Gasteiger partial charge on any atom is -0.466 e. The molecule has 0 bridgehead atoms. The normalized spacial score (nSPS) is 45.1. The first-order valence-electron chi connectivity index (χ1n) is 12.0. The molecule has 0 saturated heterocycles. The van der Waals surface area contributed by atoms with Gasteiger partial charge in [0.1, 0.15) is 11.9 Å². The number of carbonyl (C=O) groups is 3. The Balaban J connectivity index is 1.61. The molecule has 8 atom stereocenters. The van der Waals surface area contributed by atoms with Crippen LogP contribution < -0.4 is 0 Å². The van der Waals surface area contributed by atoms with Crippen molar-refractivity contribution in [1.82, 2.24) is 0 Å². The topological polar surface area (TPSA) is 69.7 Å². The summed E-state index contributed by atoms with van der Waals surface area (Å²) in [6.45, 7) is 8.47. The molecule has 0 aliphatic heterocycles. The Morgan fingerprint density at radius 3 is 2.50 bits per heavy atom. The van der Waals surface area contributed by atoms with Crippen molar-refractivity contribution in [3.05, 3.63) is 0 Å². The smallest absolute Gasteiger partial charge is 0.306 e. The minimum atomic E-state index is -0.167. The maximum absolute atomic E-state index is 12.5. The fraction of sp³-hybridized carbons (Fsp3) is 0.880. The van der Waals surface area contributed by atoms with E-state index in [2.05, 4.69) is 13.8 Å². The monoisotopic (exact) mass is 418 g/mol. The molecular formula is C25H38O5. The van der Waals surface area contributed by atoms with Gasteiger partial charge < -0.3 is 9.47 Å². The van der Waals surface area contributed by atoms with Crippen LogP contribution in [0.25, 0.3) is 0 Å². The largest absolute Gasteiger partial charge is 0.466 e. The molecule has 4 fully saturated rings. The number of carbonyl (C=O) groups excluding carboxylic acids is 3. The van der Waals surface area contributed by atoms with Gasteiger partial charge in [-0.3, -0.25) is 14.4 Å². The van der Waals surface area contributed by atoms with Gasteiger partial charge in [0.05, 0.1) is 6.61 Å². The summed E-state index contributed by atoms with van der Waals surface area (Å²) < 4.78 is 11.0. The third-order valence-corrected chi connectivity index (χ3v) is 9.73. The van der Waals surface area contributed by atoms with Crippen molar-refractivity contribution >= 4 is 17.7 Å². The van der Waals surface area contributed by atoms with Gasteiger partial charge in [0.2, 0.25) is 0 Å². The summed E-state index contributed by atoms with van der Waals surface area (Å²) >= 11 is 0. The molecule has 4 rings (SSSR count). The fourth-order valence-corrected chi connectivity index (χ4v) is 8.34. The SMILES string of the molecule is CCOC(=O)CC1CC(=O)CC2CCC3C4CCC(OC(C)=O)C4(C)CCC3C21C. The first-order valence-corrected chi connectivity index (χ1v) is 12.0. The highest BCUT2D eigenvalue weighted by molar-refractivity contribution is 5.81. The van der Waals surface area contributed by atoms with Gasteiger partial charge in [-0.05, 0) is 80.5 Å². The van der Waals surface area contributed by atoms with Crippen LogP contribution in [0.4, 0.5) is 0 Å². The van der Waals surface area contributed by atoms with Crippen molar-refractivity contribution in [1.29, 1.82) is 0 Å². The van der Waals surface area contributed by atoms with Gasteiger partial charge in [-0.2, -0.15) is 0 Å². The van der Waals surface area contributed by atoms with E-state index in [1.54, 1.807) is 0 Å². The second kappa shape index (κ2) is 7.94. The van der Waals surface area contributed by atoms with E-state index in [0.29, 0.717) is 55.3 Å². The van der Waals surface area contributed by atoms with Crippen LogP contribution in [0.15, 0.2) is 0 Å². The van der Waals surface area contributed by atoms with E-state index in [4.69, 9.17) is 9.47 Å². The van der Waals surface area contributed by atoms with Crippen molar-refractivity contribution in [3.8, 4) is 0 Å². The molecule has 168 valence electrons. The average Bonchev–Trinajstić information content (AvgIpc) is 2.99. The Kier molecular flexibility index (Phi) is 5.78. The highest BCUT2D eigenvalue weighted by Gasteiger charge is 2.63.